The largest absolute Gasteiger partial charge is 0.481 e. The van der Waals surface area contributed by atoms with Crippen LogP contribution in [0.25, 0.3) is 0 Å². The lowest BCUT2D eigenvalue weighted by atomic mass is 9.80. The molecule has 116 valence electrons. The first-order chi connectivity index (χ1) is 10.2. The van der Waals surface area contributed by atoms with Gasteiger partial charge < -0.3 is 14.6 Å². The standard InChI is InChI=1S/C13H20N4O4/c18-12(19)13(3-6-20-7-4-13)9-17-11(14-15-16-17)8-10-2-1-5-21-10/h10H,1-9H2,(H,18,19). The van der Waals surface area contributed by atoms with Crippen molar-refractivity contribution in [3.8, 4) is 0 Å². The Kier molecular flexibility index (Phi) is 4.16. The third-order valence-electron chi connectivity index (χ3n) is 4.40. The van der Waals surface area contributed by atoms with E-state index in [4.69, 9.17) is 9.47 Å². The normalized spacial score (nSPS) is 25.0. The number of carboxylic acids is 1. The molecular formula is C13H20N4O4. The first kappa shape index (κ1) is 14.4. The molecule has 2 saturated heterocycles. The second-order valence-corrected chi connectivity index (χ2v) is 5.79. The zero-order valence-electron chi connectivity index (χ0n) is 11.9. The van der Waals surface area contributed by atoms with Gasteiger partial charge in [-0.2, -0.15) is 0 Å². The molecule has 0 aliphatic carbocycles. The van der Waals surface area contributed by atoms with Crippen LogP contribution < -0.4 is 0 Å². The minimum absolute atomic E-state index is 0.144. The van der Waals surface area contributed by atoms with Crippen molar-refractivity contribution >= 4 is 5.97 Å². The second-order valence-electron chi connectivity index (χ2n) is 5.79. The molecule has 1 aromatic heterocycles. The highest BCUT2D eigenvalue weighted by atomic mass is 16.5. The number of carbonyl (C=O) groups is 1. The Hall–Kier alpha value is -1.54. The fraction of sp³-hybridized carbons (Fsp3) is 0.846. The predicted molar refractivity (Wildman–Crippen MR) is 70.6 cm³/mol. The highest BCUT2D eigenvalue weighted by molar-refractivity contribution is 5.74. The van der Waals surface area contributed by atoms with Crippen molar-refractivity contribution in [2.24, 2.45) is 5.41 Å². The van der Waals surface area contributed by atoms with E-state index in [2.05, 4.69) is 15.5 Å². The number of aromatic nitrogens is 4. The van der Waals surface area contributed by atoms with Crippen molar-refractivity contribution in [1.29, 1.82) is 0 Å². The summed E-state index contributed by atoms with van der Waals surface area (Å²) < 4.78 is 12.5. The number of nitrogens with zero attached hydrogens (tertiary/aromatic N) is 4. The van der Waals surface area contributed by atoms with Crippen LogP contribution in [-0.4, -0.2) is 57.2 Å². The van der Waals surface area contributed by atoms with E-state index >= 15 is 0 Å². The molecule has 2 aliphatic heterocycles. The van der Waals surface area contributed by atoms with Crippen molar-refractivity contribution in [2.45, 2.75) is 44.8 Å². The van der Waals surface area contributed by atoms with Crippen molar-refractivity contribution < 1.29 is 19.4 Å². The van der Waals surface area contributed by atoms with Crippen LogP contribution in [0.15, 0.2) is 0 Å². The molecule has 2 aliphatic rings. The minimum Gasteiger partial charge on any atom is -0.481 e. The molecule has 1 unspecified atom stereocenters. The summed E-state index contributed by atoms with van der Waals surface area (Å²) in [5.74, 6) is -0.0987. The summed E-state index contributed by atoms with van der Waals surface area (Å²) in [6.07, 6.45) is 3.82. The van der Waals surface area contributed by atoms with Gasteiger partial charge in [0.25, 0.3) is 0 Å². The Balaban J connectivity index is 1.74. The Morgan fingerprint density at radius 2 is 2.19 bits per heavy atom. The fourth-order valence-corrected chi connectivity index (χ4v) is 2.99. The van der Waals surface area contributed by atoms with Crippen LogP contribution in [0.5, 0.6) is 0 Å². The summed E-state index contributed by atoms with van der Waals surface area (Å²) >= 11 is 0. The van der Waals surface area contributed by atoms with Gasteiger partial charge in [-0.25, -0.2) is 4.68 Å². The van der Waals surface area contributed by atoms with E-state index in [9.17, 15) is 9.90 Å². The molecule has 0 amide bonds. The average molecular weight is 296 g/mol. The lowest BCUT2D eigenvalue weighted by Crippen LogP contribution is -2.41. The Morgan fingerprint density at radius 3 is 2.86 bits per heavy atom. The van der Waals surface area contributed by atoms with Crippen LogP contribution in [0.3, 0.4) is 0 Å². The molecule has 8 heteroatoms. The van der Waals surface area contributed by atoms with Gasteiger partial charge >= 0.3 is 5.97 Å². The van der Waals surface area contributed by atoms with Crippen LogP contribution in [0.1, 0.15) is 31.5 Å². The van der Waals surface area contributed by atoms with Gasteiger partial charge in [-0.15, -0.1) is 5.10 Å². The van der Waals surface area contributed by atoms with Crippen LogP contribution >= 0.6 is 0 Å². The van der Waals surface area contributed by atoms with Gasteiger partial charge in [-0.3, -0.25) is 4.79 Å². The van der Waals surface area contributed by atoms with Crippen molar-refractivity contribution in [3.05, 3.63) is 5.82 Å². The lowest BCUT2D eigenvalue weighted by molar-refractivity contribution is -0.156. The molecule has 21 heavy (non-hydrogen) atoms. The summed E-state index contributed by atoms with van der Waals surface area (Å²) in [4.78, 5) is 11.7. The molecule has 3 rings (SSSR count). The number of carboxylic acid groups (broad SMARTS) is 1. The Labute approximate surface area is 122 Å². The topological polar surface area (TPSA) is 99.4 Å². The maximum atomic E-state index is 11.7. The number of ether oxygens (including phenoxy) is 2. The first-order valence-corrected chi connectivity index (χ1v) is 7.37. The molecule has 0 saturated carbocycles. The van der Waals surface area contributed by atoms with E-state index in [0.717, 1.165) is 19.4 Å². The molecule has 0 bridgehead atoms. The molecule has 8 nitrogen and oxygen atoms in total. The summed E-state index contributed by atoms with van der Waals surface area (Å²) in [6, 6.07) is 0. The monoisotopic (exact) mass is 296 g/mol. The van der Waals surface area contributed by atoms with Gasteiger partial charge in [0.1, 0.15) is 0 Å². The number of hydrogen-bond acceptors (Lipinski definition) is 6. The lowest BCUT2D eigenvalue weighted by Gasteiger charge is -2.32. The van der Waals surface area contributed by atoms with Crippen molar-refractivity contribution in [2.75, 3.05) is 19.8 Å². The molecule has 0 spiro atoms. The zero-order valence-corrected chi connectivity index (χ0v) is 11.9. The second kappa shape index (κ2) is 6.07. The summed E-state index contributed by atoms with van der Waals surface area (Å²) in [6.45, 7) is 2.01. The number of tetrazole rings is 1. The molecule has 2 fully saturated rings. The predicted octanol–water partition coefficient (Wildman–Crippen LogP) is 0.276. The molecule has 0 aromatic carbocycles. The summed E-state index contributed by atoms with van der Waals surface area (Å²) in [5.41, 5.74) is -0.834. The molecular weight excluding hydrogens is 276 g/mol. The van der Waals surface area contributed by atoms with E-state index < -0.39 is 11.4 Å². The van der Waals surface area contributed by atoms with Gasteiger partial charge in [0, 0.05) is 26.2 Å². The molecule has 1 atom stereocenters. The third-order valence-corrected chi connectivity index (χ3v) is 4.40. The van der Waals surface area contributed by atoms with E-state index in [0.29, 0.717) is 44.8 Å². The van der Waals surface area contributed by atoms with Gasteiger partial charge in [0.15, 0.2) is 5.82 Å². The van der Waals surface area contributed by atoms with Crippen molar-refractivity contribution in [1.82, 2.24) is 20.2 Å². The van der Waals surface area contributed by atoms with Crippen LogP contribution in [0, 0.1) is 5.41 Å². The van der Waals surface area contributed by atoms with Gasteiger partial charge in [-0.1, -0.05) is 0 Å². The van der Waals surface area contributed by atoms with Gasteiger partial charge in [-0.05, 0) is 36.1 Å². The third kappa shape index (κ3) is 3.06. The van der Waals surface area contributed by atoms with Crippen LogP contribution in [0.4, 0.5) is 0 Å². The Morgan fingerprint density at radius 1 is 1.38 bits per heavy atom. The maximum Gasteiger partial charge on any atom is 0.311 e. The number of rotatable bonds is 5. The quantitative estimate of drug-likeness (QED) is 0.832. The van der Waals surface area contributed by atoms with Crippen LogP contribution in [-0.2, 0) is 27.2 Å². The Bertz CT molecular complexity index is 492. The average Bonchev–Trinajstić information content (AvgIpc) is 3.13. The van der Waals surface area contributed by atoms with Gasteiger partial charge in [0.2, 0.25) is 0 Å². The molecule has 3 heterocycles. The number of hydrogen-bond donors (Lipinski definition) is 1. The minimum atomic E-state index is -0.834. The van der Waals surface area contributed by atoms with Gasteiger partial charge in [0.05, 0.1) is 18.1 Å². The van der Waals surface area contributed by atoms with Crippen LogP contribution in [0.2, 0.25) is 0 Å². The fourth-order valence-electron chi connectivity index (χ4n) is 2.99. The van der Waals surface area contributed by atoms with E-state index in [1.165, 1.54) is 0 Å². The molecule has 1 aromatic rings. The number of aliphatic carboxylic acids is 1. The van der Waals surface area contributed by atoms with Crippen molar-refractivity contribution in [3.63, 3.8) is 0 Å². The summed E-state index contributed by atoms with van der Waals surface area (Å²) in [5, 5.41) is 21.3. The van der Waals surface area contributed by atoms with E-state index in [1.807, 2.05) is 0 Å². The maximum absolute atomic E-state index is 11.7. The molecule has 0 radical (unpaired) electrons. The smallest absolute Gasteiger partial charge is 0.311 e. The SMILES string of the molecule is O=C(O)C1(Cn2nnnc2CC2CCCO2)CCOCC1. The first-order valence-electron chi connectivity index (χ1n) is 7.37. The molecule has 1 N–H and O–H groups in total. The zero-order chi connectivity index (χ0) is 14.7. The highest BCUT2D eigenvalue weighted by Crippen LogP contribution is 2.33. The van der Waals surface area contributed by atoms with E-state index in [1.54, 1.807) is 4.68 Å². The summed E-state index contributed by atoms with van der Waals surface area (Å²) in [7, 11) is 0. The highest BCUT2D eigenvalue weighted by Gasteiger charge is 2.41. The van der Waals surface area contributed by atoms with E-state index in [-0.39, 0.29) is 6.10 Å².